The third-order valence-corrected chi connectivity index (χ3v) is 4.96. The fourth-order valence-corrected chi connectivity index (χ4v) is 2.95. The summed E-state index contributed by atoms with van der Waals surface area (Å²) in [5.41, 5.74) is 5.67. The predicted octanol–water partition coefficient (Wildman–Crippen LogP) is -1.03. The fourth-order valence-electron chi connectivity index (χ4n) is 2.79. The van der Waals surface area contributed by atoms with E-state index in [1.807, 2.05) is 13.8 Å². The molecule has 4 unspecified atom stereocenters. The van der Waals surface area contributed by atoms with Gasteiger partial charge in [0.15, 0.2) is 0 Å². The smallest absolute Gasteiger partial charge is 0.322 e. The van der Waals surface area contributed by atoms with Crippen LogP contribution >= 0.6 is 12.6 Å². The standard InChI is InChI=1S/C16H28N4O5S/c1-3-9(2)13(19-14(23)10(17)8-26)16(25)20-6-4-5-11(20)15(24)18-7-12(21)22/h9-11,13,26H,3-8,17H2,1-2H3,(H,18,24)(H,19,23)(H,21,22). The Morgan fingerprint density at radius 3 is 2.54 bits per heavy atom. The molecule has 1 aliphatic heterocycles. The van der Waals surface area contributed by atoms with E-state index >= 15 is 0 Å². The van der Waals surface area contributed by atoms with Gasteiger partial charge >= 0.3 is 5.97 Å². The number of carboxylic acids is 1. The number of likely N-dealkylation sites (tertiary alicyclic amines) is 1. The zero-order chi connectivity index (χ0) is 19.9. The first-order valence-corrected chi connectivity index (χ1v) is 9.32. The molecule has 9 nitrogen and oxygen atoms in total. The van der Waals surface area contributed by atoms with Crippen LogP contribution in [0.1, 0.15) is 33.1 Å². The van der Waals surface area contributed by atoms with E-state index in [1.165, 1.54) is 4.90 Å². The molecule has 0 aromatic carbocycles. The lowest BCUT2D eigenvalue weighted by Gasteiger charge is -2.31. The third-order valence-electron chi connectivity index (χ3n) is 4.56. The summed E-state index contributed by atoms with van der Waals surface area (Å²) in [6.07, 6.45) is 1.74. The van der Waals surface area contributed by atoms with Crippen LogP contribution in [-0.2, 0) is 19.2 Å². The third kappa shape index (κ3) is 5.87. The van der Waals surface area contributed by atoms with Crippen LogP contribution in [0.4, 0.5) is 0 Å². The Morgan fingerprint density at radius 2 is 2.00 bits per heavy atom. The maximum absolute atomic E-state index is 13.0. The van der Waals surface area contributed by atoms with Gasteiger partial charge in [-0.1, -0.05) is 20.3 Å². The molecular formula is C16H28N4O5S. The van der Waals surface area contributed by atoms with Crippen molar-refractivity contribution in [2.45, 2.75) is 51.2 Å². The number of carboxylic acid groups (broad SMARTS) is 1. The Bertz CT molecular complexity index is 545. The molecule has 26 heavy (non-hydrogen) atoms. The minimum absolute atomic E-state index is 0.150. The second-order valence-corrected chi connectivity index (χ2v) is 6.83. The molecule has 148 valence electrons. The van der Waals surface area contributed by atoms with E-state index in [4.69, 9.17) is 10.8 Å². The minimum Gasteiger partial charge on any atom is -0.480 e. The first kappa shape index (κ1) is 22.2. The lowest BCUT2D eigenvalue weighted by Crippen LogP contribution is -2.58. The minimum atomic E-state index is -1.15. The van der Waals surface area contributed by atoms with Gasteiger partial charge in [-0.3, -0.25) is 19.2 Å². The van der Waals surface area contributed by atoms with Crippen LogP contribution in [0.25, 0.3) is 0 Å². The number of thiol groups is 1. The second-order valence-electron chi connectivity index (χ2n) is 6.46. The van der Waals surface area contributed by atoms with Crippen LogP contribution in [0.3, 0.4) is 0 Å². The number of carbonyl (C=O) groups excluding carboxylic acids is 3. The lowest BCUT2D eigenvalue weighted by molar-refractivity contribution is -0.143. The van der Waals surface area contributed by atoms with E-state index in [9.17, 15) is 19.2 Å². The van der Waals surface area contributed by atoms with Crippen LogP contribution < -0.4 is 16.4 Å². The number of hydrogen-bond acceptors (Lipinski definition) is 6. The van der Waals surface area contributed by atoms with Crippen molar-refractivity contribution in [3.05, 3.63) is 0 Å². The summed E-state index contributed by atoms with van der Waals surface area (Å²) >= 11 is 3.99. The van der Waals surface area contributed by atoms with Gasteiger partial charge in [0.05, 0.1) is 6.04 Å². The summed E-state index contributed by atoms with van der Waals surface area (Å²) in [5, 5.41) is 13.7. The van der Waals surface area contributed by atoms with E-state index in [2.05, 4.69) is 23.3 Å². The quantitative estimate of drug-likeness (QED) is 0.320. The Morgan fingerprint density at radius 1 is 1.35 bits per heavy atom. The Labute approximate surface area is 158 Å². The second kappa shape index (κ2) is 10.4. The molecule has 0 aliphatic carbocycles. The van der Waals surface area contributed by atoms with Crippen molar-refractivity contribution in [2.75, 3.05) is 18.8 Å². The maximum atomic E-state index is 13.0. The largest absolute Gasteiger partial charge is 0.480 e. The first-order valence-electron chi connectivity index (χ1n) is 8.69. The molecule has 1 rings (SSSR count). The molecule has 1 heterocycles. The van der Waals surface area contributed by atoms with Crippen molar-refractivity contribution >= 4 is 36.3 Å². The predicted molar refractivity (Wildman–Crippen MR) is 98.6 cm³/mol. The summed E-state index contributed by atoms with van der Waals surface area (Å²) in [5.74, 6) is -2.48. The SMILES string of the molecule is CCC(C)C(NC(=O)C(N)CS)C(=O)N1CCCC1C(=O)NCC(=O)O. The van der Waals surface area contributed by atoms with E-state index < -0.39 is 42.5 Å². The highest BCUT2D eigenvalue weighted by Gasteiger charge is 2.39. The van der Waals surface area contributed by atoms with Crippen molar-refractivity contribution in [3.63, 3.8) is 0 Å². The molecule has 0 radical (unpaired) electrons. The summed E-state index contributed by atoms with van der Waals surface area (Å²) in [7, 11) is 0. The van der Waals surface area contributed by atoms with Crippen LogP contribution in [-0.4, -0.2) is 70.7 Å². The fraction of sp³-hybridized carbons (Fsp3) is 0.750. The molecule has 0 saturated carbocycles. The van der Waals surface area contributed by atoms with Gasteiger partial charge < -0.3 is 26.4 Å². The molecule has 4 atom stereocenters. The van der Waals surface area contributed by atoms with Crippen LogP contribution in [0.5, 0.6) is 0 Å². The van der Waals surface area contributed by atoms with E-state index in [1.54, 1.807) is 0 Å². The van der Waals surface area contributed by atoms with Gasteiger partial charge in [0.1, 0.15) is 18.6 Å². The molecule has 1 aliphatic rings. The first-order chi connectivity index (χ1) is 12.2. The molecule has 5 N–H and O–H groups in total. The molecule has 10 heteroatoms. The van der Waals surface area contributed by atoms with Crippen molar-refractivity contribution in [2.24, 2.45) is 11.7 Å². The Hall–Kier alpha value is -1.81. The van der Waals surface area contributed by atoms with Crippen molar-refractivity contribution in [3.8, 4) is 0 Å². The monoisotopic (exact) mass is 388 g/mol. The normalized spacial score (nSPS) is 20.2. The summed E-state index contributed by atoms with van der Waals surface area (Å²) in [6, 6.07) is -2.36. The van der Waals surface area contributed by atoms with Gasteiger partial charge in [0.25, 0.3) is 0 Å². The molecule has 1 fully saturated rings. The van der Waals surface area contributed by atoms with Gasteiger partial charge in [-0.15, -0.1) is 0 Å². The van der Waals surface area contributed by atoms with Gasteiger partial charge in [-0.05, 0) is 18.8 Å². The number of carbonyl (C=O) groups is 4. The highest BCUT2D eigenvalue weighted by Crippen LogP contribution is 2.21. The molecule has 0 aromatic heterocycles. The highest BCUT2D eigenvalue weighted by atomic mass is 32.1. The molecule has 1 saturated heterocycles. The summed E-state index contributed by atoms with van der Waals surface area (Å²) < 4.78 is 0. The van der Waals surface area contributed by atoms with Crippen LogP contribution in [0.2, 0.25) is 0 Å². The number of hydrogen-bond donors (Lipinski definition) is 5. The number of rotatable bonds is 9. The topological polar surface area (TPSA) is 142 Å². The highest BCUT2D eigenvalue weighted by molar-refractivity contribution is 7.80. The van der Waals surface area contributed by atoms with Crippen LogP contribution in [0, 0.1) is 5.92 Å². The molecule has 0 bridgehead atoms. The van der Waals surface area contributed by atoms with E-state index in [-0.39, 0.29) is 17.6 Å². The lowest BCUT2D eigenvalue weighted by atomic mass is 9.97. The van der Waals surface area contributed by atoms with Gasteiger partial charge in [-0.25, -0.2) is 0 Å². The number of nitrogens with zero attached hydrogens (tertiary/aromatic N) is 1. The molecule has 3 amide bonds. The molecule has 0 aromatic rings. The maximum Gasteiger partial charge on any atom is 0.322 e. The van der Waals surface area contributed by atoms with E-state index in [0.717, 1.165) is 0 Å². The summed E-state index contributed by atoms with van der Waals surface area (Å²) in [6.45, 7) is 3.62. The van der Waals surface area contributed by atoms with E-state index in [0.29, 0.717) is 25.8 Å². The number of aliphatic carboxylic acids is 1. The number of nitrogens with two attached hydrogens (primary N) is 1. The average molecular weight is 388 g/mol. The molecular weight excluding hydrogens is 360 g/mol. The Kier molecular flexibility index (Phi) is 8.86. The van der Waals surface area contributed by atoms with Crippen molar-refractivity contribution in [1.29, 1.82) is 0 Å². The number of nitrogens with one attached hydrogen (secondary N) is 2. The van der Waals surface area contributed by atoms with Gasteiger partial charge in [0.2, 0.25) is 17.7 Å². The average Bonchev–Trinajstić information content (AvgIpc) is 3.11. The van der Waals surface area contributed by atoms with Crippen molar-refractivity contribution in [1.82, 2.24) is 15.5 Å². The zero-order valence-corrected chi connectivity index (χ0v) is 16.0. The Balaban J connectivity index is 2.89. The van der Waals surface area contributed by atoms with Gasteiger partial charge in [0, 0.05) is 12.3 Å². The zero-order valence-electron chi connectivity index (χ0n) is 15.1. The van der Waals surface area contributed by atoms with Crippen molar-refractivity contribution < 1.29 is 24.3 Å². The molecule has 0 spiro atoms. The van der Waals surface area contributed by atoms with Crippen LogP contribution in [0.15, 0.2) is 0 Å². The van der Waals surface area contributed by atoms with Gasteiger partial charge in [-0.2, -0.15) is 12.6 Å². The summed E-state index contributed by atoms with van der Waals surface area (Å²) in [4.78, 5) is 49.4. The number of amides is 3.